The fraction of sp³-hybridized carbons (Fsp3) is 0.286. The van der Waals surface area contributed by atoms with Crippen LogP contribution in [0, 0.1) is 0 Å². The molecule has 0 aliphatic rings. The summed E-state index contributed by atoms with van der Waals surface area (Å²) in [6.07, 6.45) is 1.23. The molecule has 0 unspecified atom stereocenters. The number of hydrogen-bond acceptors (Lipinski definition) is 3. The third-order valence-corrected chi connectivity index (χ3v) is 3.11. The van der Waals surface area contributed by atoms with Crippen molar-refractivity contribution in [2.24, 2.45) is 0 Å². The van der Waals surface area contributed by atoms with Crippen LogP contribution in [0.1, 0.15) is 24.6 Å². The highest BCUT2D eigenvalue weighted by Gasteiger charge is 2.21. The van der Waals surface area contributed by atoms with Crippen LogP contribution in [0.15, 0.2) is 52.2 Å². The van der Waals surface area contributed by atoms with Crippen molar-refractivity contribution in [3.05, 3.63) is 69.0 Å². The van der Waals surface area contributed by atoms with E-state index >= 15 is 0 Å². The predicted octanol–water partition coefficient (Wildman–Crippen LogP) is 1.49. The van der Waals surface area contributed by atoms with Crippen LogP contribution >= 0.6 is 0 Å². The molecule has 0 saturated carbocycles. The Bertz CT molecular complexity index is 645. The molecule has 0 bridgehead atoms. The van der Waals surface area contributed by atoms with Gasteiger partial charge in [0.2, 0.25) is 0 Å². The lowest BCUT2D eigenvalue weighted by Gasteiger charge is -2.24. The molecule has 2 rings (SSSR count). The normalized spacial score (nSPS) is 14.0. The Morgan fingerprint density at radius 1 is 1.16 bits per heavy atom. The molecule has 0 fully saturated rings. The summed E-state index contributed by atoms with van der Waals surface area (Å²) in [6, 6.07) is 10.8. The molecule has 2 aromatic rings. The number of nitrogens with zero attached hydrogens (tertiary/aromatic N) is 1. The Labute approximate surface area is 110 Å². The van der Waals surface area contributed by atoms with E-state index < -0.39 is 11.2 Å². The number of H-pyrrole nitrogens is 1. The SMILES string of the molecule is CO[C@H](c1ccccc1)[C@H](C)n1ccc(=O)[nH]c1=O. The van der Waals surface area contributed by atoms with Crippen molar-refractivity contribution in [1.29, 1.82) is 0 Å². The van der Waals surface area contributed by atoms with Gasteiger partial charge in [0.25, 0.3) is 5.56 Å². The van der Waals surface area contributed by atoms with Gasteiger partial charge in [-0.05, 0) is 12.5 Å². The molecule has 0 spiro atoms. The van der Waals surface area contributed by atoms with Gasteiger partial charge in [-0.25, -0.2) is 4.79 Å². The molecule has 1 aromatic carbocycles. The minimum atomic E-state index is -0.432. The Morgan fingerprint density at radius 3 is 2.42 bits per heavy atom. The third kappa shape index (κ3) is 2.82. The van der Waals surface area contributed by atoms with E-state index in [0.717, 1.165) is 5.56 Å². The zero-order valence-electron chi connectivity index (χ0n) is 10.9. The zero-order valence-corrected chi connectivity index (χ0v) is 10.9. The van der Waals surface area contributed by atoms with Crippen molar-refractivity contribution in [3.8, 4) is 0 Å². The van der Waals surface area contributed by atoms with Gasteiger partial charge in [-0.2, -0.15) is 0 Å². The van der Waals surface area contributed by atoms with E-state index in [1.165, 1.54) is 16.8 Å². The molecule has 2 atom stereocenters. The van der Waals surface area contributed by atoms with Crippen LogP contribution in [0.3, 0.4) is 0 Å². The molecule has 100 valence electrons. The summed E-state index contributed by atoms with van der Waals surface area (Å²) in [7, 11) is 1.60. The highest BCUT2D eigenvalue weighted by Crippen LogP contribution is 2.27. The van der Waals surface area contributed by atoms with Gasteiger partial charge >= 0.3 is 5.69 Å². The van der Waals surface area contributed by atoms with E-state index in [-0.39, 0.29) is 12.1 Å². The van der Waals surface area contributed by atoms with Crippen molar-refractivity contribution in [3.63, 3.8) is 0 Å². The topological polar surface area (TPSA) is 64.1 Å². The summed E-state index contributed by atoms with van der Waals surface area (Å²) >= 11 is 0. The lowest BCUT2D eigenvalue weighted by Crippen LogP contribution is -2.33. The van der Waals surface area contributed by atoms with Crippen LogP contribution in [-0.2, 0) is 4.74 Å². The van der Waals surface area contributed by atoms with Crippen LogP contribution in [0.2, 0.25) is 0 Å². The maximum Gasteiger partial charge on any atom is 0.328 e. The number of benzene rings is 1. The minimum Gasteiger partial charge on any atom is -0.375 e. The van der Waals surface area contributed by atoms with Gasteiger partial charge in [0, 0.05) is 19.4 Å². The summed E-state index contributed by atoms with van der Waals surface area (Å²) in [6.45, 7) is 1.88. The molecule has 1 aromatic heterocycles. The van der Waals surface area contributed by atoms with Crippen molar-refractivity contribution in [2.45, 2.75) is 19.1 Å². The second-order valence-electron chi connectivity index (χ2n) is 4.33. The van der Waals surface area contributed by atoms with Gasteiger partial charge in [-0.15, -0.1) is 0 Å². The average molecular weight is 260 g/mol. The molecule has 1 N–H and O–H groups in total. The number of aromatic nitrogens is 2. The van der Waals surface area contributed by atoms with Gasteiger partial charge in [-0.1, -0.05) is 30.3 Å². The van der Waals surface area contributed by atoms with Crippen LogP contribution in [-0.4, -0.2) is 16.7 Å². The molecule has 5 nitrogen and oxygen atoms in total. The van der Waals surface area contributed by atoms with Gasteiger partial charge in [0.1, 0.15) is 6.10 Å². The molecular formula is C14H16N2O3. The number of hydrogen-bond donors (Lipinski definition) is 1. The summed E-state index contributed by atoms with van der Waals surface area (Å²) in [5, 5.41) is 0. The lowest BCUT2D eigenvalue weighted by atomic mass is 10.0. The number of methoxy groups -OCH3 is 1. The number of aromatic amines is 1. The van der Waals surface area contributed by atoms with Crippen LogP contribution in [0.25, 0.3) is 0 Å². The smallest absolute Gasteiger partial charge is 0.328 e. The lowest BCUT2D eigenvalue weighted by molar-refractivity contribution is 0.0604. The first-order valence-electron chi connectivity index (χ1n) is 6.02. The molecule has 0 saturated heterocycles. The van der Waals surface area contributed by atoms with Crippen molar-refractivity contribution >= 4 is 0 Å². The molecule has 0 radical (unpaired) electrons. The van der Waals surface area contributed by atoms with Crippen molar-refractivity contribution in [2.75, 3.05) is 7.11 Å². The molecule has 5 heteroatoms. The minimum absolute atomic E-state index is 0.225. The third-order valence-electron chi connectivity index (χ3n) is 3.11. The first kappa shape index (κ1) is 13.3. The first-order valence-corrected chi connectivity index (χ1v) is 6.02. The summed E-state index contributed by atoms with van der Waals surface area (Å²) < 4.78 is 6.95. The quantitative estimate of drug-likeness (QED) is 0.905. The molecule has 0 amide bonds. The number of rotatable bonds is 4. The van der Waals surface area contributed by atoms with E-state index in [1.807, 2.05) is 37.3 Å². The zero-order chi connectivity index (χ0) is 13.8. The molecule has 1 heterocycles. The van der Waals surface area contributed by atoms with Crippen molar-refractivity contribution < 1.29 is 4.74 Å². The van der Waals surface area contributed by atoms with E-state index in [9.17, 15) is 9.59 Å². The highest BCUT2D eigenvalue weighted by atomic mass is 16.5. The largest absolute Gasteiger partial charge is 0.375 e. The van der Waals surface area contributed by atoms with E-state index in [0.29, 0.717) is 0 Å². The second kappa shape index (κ2) is 5.67. The predicted molar refractivity (Wildman–Crippen MR) is 72.2 cm³/mol. The summed E-state index contributed by atoms with van der Waals surface area (Å²) in [4.78, 5) is 25.1. The van der Waals surface area contributed by atoms with Crippen LogP contribution in [0.5, 0.6) is 0 Å². The second-order valence-corrected chi connectivity index (χ2v) is 4.33. The Morgan fingerprint density at radius 2 is 1.84 bits per heavy atom. The fourth-order valence-electron chi connectivity index (χ4n) is 2.15. The maximum atomic E-state index is 11.8. The number of nitrogens with one attached hydrogen (secondary N) is 1. The van der Waals surface area contributed by atoms with Gasteiger partial charge in [0.05, 0.1) is 6.04 Å². The molecule has 19 heavy (non-hydrogen) atoms. The Hall–Kier alpha value is -2.14. The van der Waals surface area contributed by atoms with E-state index in [2.05, 4.69) is 4.98 Å². The van der Waals surface area contributed by atoms with Crippen LogP contribution < -0.4 is 11.2 Å². The van der Waals surface area contributed by atoms with E-state index in [1.54, 1.807) is 7.11 Å². The monoisotopic (exact) mass is 260 g/mol. The summed E-state index contributed by atoms with van der Waals surface area (Å²) in [5.74, 6) is 0. The van der Waals surface area contributed by atoms with Gasteiger partial charge in [0.15, 0.2) is 0 Å². The fourth-order valence-corrected chi connectivity index (χ4v) is 2.15. The average Bonchev–Trinajstić information content (AvgIpc) is 2.40. The molecule has 0 aliphatic heterocycles. The molecular weight excluding hydrogens is 244 g/mol. The van der Waals surface area contributed by atoms with E-state index in [4.69, 9.17) is 4.74 Å². The Balaban J connectivity index is 2.39. The standard InChI is InChI=1S/C14H16N2O3/c1-10(16-9-8-12(17)15-14(16)18)13(19-2)11-6-4-3-5-7-11/h3-10,13H,1-2H3,(H,15,17,18)/t10-,13-/m0/s1. The Kier molecular flexibility index (Phi) is 3.97. The van der Waals surface area contributed by atoms with Gasteiger partial charge in [-0.3, -0.25) is 14.3 Å². The van der Waals surface area contributed by atoms with Gasteiger partial charge < -0.3 is 4.74 Å². The summed E-state index contributed by atoms with van der Waals surface area (Å²) in [5.41, 5.74) is 0.149. The van der Waals surface area contributed by atoms with Crippen molar-refractivity contribution in [1.82, 2.24) is 9.55 Å². The molecule has 0 aliphatic carbocycles. The maximum absolute atomic E-state index is 11.8. The number of ether oxygens (including phenoxy) is 1. The first-order chi connectivity index (χ1) is 9.13. The highest BCUT2D eigenvalue weighted by molar-refractivity contribution is 5.18. The van der Waals surface area contributed by atoms with Crippen LogP contribution in [0.4, 0.5) is 0 Å².